The minimum absolute atomic E-state index is 0.0852. The molecule has 0 spiro atoms. The lowest BCUT2D eigenvalue weighted by Gasteiger charge is -2.36. The van der Waals surface area contributed by atoms with Crippen molar-refractivity contribution in [3.05, 3.63) is 52.6 Å². The predicted octanol–water partition coefficient (Wildman–Crippen LogP) is 1.40. The number of benzene rings is 1. The van der Waals surface area contributed by atoms with Gasteiger partial charge in [0.15, 0.2) is 0 Å². The number of para-hydroxylation sites is 1. The summed E-state index contributed by atoms with van der Waals surface area (Å²) >= 11 is 0. The molecule has 104 valence electrons. The molecule has 1 fully saturated rings. The molecule has 5 nitrogen and oxygen atoms in total. The van der Waals surface area contributed by atoms with Crippen molar-refractivity contribution >= 4 is 11.5 Å². The lowest BCUT2D eigenvalue weighted by atomic mass is 10.2. The van der Waals surface area contributed by atoms with Crippen LogP contribution in [0, 0.1) is 6.92 Å². The van der Waals surface area contributed by atoms with Crippen molar-refractivity contribution in [3.8, 4) is 0 Å². The summed E-state index contributed by atoms with van der Waals surface area (Å²) in [6.07, 6.45) is 0. The van der Waals surface area contributed by atoms with E-state index in [-0.39, 0.29) is 5.56 Å². The lowest BCUT2D eigenvalue weighted by molar-refractivity contribution is 0.645. The Morgan fingerprint density at radius 1 is 1.05 bits per heavy atom. The Morgan fingerprint density at radius 3 is 2.35 bits per heavy atom. The second-order valence-corrected chi connectivity index (χ2v) is 5.00. The Bertz CT molecular complexity index is 630. The van der Waals surface area contributed by atoms with Crippen LogP contribution in [0.1, 0.15) is 5.82 Å². The van der Waals surface area contributed by atoms with Gasteiger partial charge in [-0.1, -0.05) is 18.2 Å². The number of H-pyrrole nitrogens is 1. The number of hydrogen-bond acceptors (Lipinski definition) is 4. The summed E-state index contributed by atoms with van der Waals surface area (Å²) in [5.74, 6) is 1.44. The largest absolute Gasteiger partial charge is 0.368 e. The van der Waals surface area contributed by atoms with Gasteiger partial charge in [-0.25, -0.2) is 4.98 Å². The van der Waals surface area contributed by atoms with Gasteiger partial charge in [0.05, 0.1) is 0 Å². The lowest BCUT2D eigenvalue weighted by Crippen LogP contribution is -2.47. The van der Waals surface area contributed by atoms with Crippen LogP contribution in [0.5, 0.6) is 0 Å². The van der Waals surface area contributed by atoms with E-state index in [2.05, 4.69) is 44.0 Å². The minimum atomic E-state index is -0.0852. The van der Waals surface area contributed by atoms with E-state index in [4.69, 9.17) is 0 Å². The zero-order valence-corrected chi connectivity index (χ0v) is 11.5. The highest BCUT2D eigenvalue weighted by Gasteiger charge is 2.18. The van der Waals surface area contributed by atoms with E-state index in [0.29, 0.717) is 5.82 Å². The number of hydrogen-bond donors (Lipinski definition) is 1. The van der Waals surface area contributed by atoms with Gasteiger partial charge in [0, 0.05) is 37.9 Å². The number of aromatic nitrogens is 2. The predicted molar refractivity (Wildman–Crippen MR) is 80.5 cm³/mol. The van der Waals surface area contributed by atoms with Gasteiger partial charge in [-0.2, -0.15) is 0 Å². The van der Waals surface area contributed by atoms with Gasteiger partial charge < -0.3 is 14.8 Å². The summed E-state index contributed by atoms with van der Waals surface area (Å²) in [7, 11) is 0. The highest BCUT2D eigenvalue weighted by Crippen LogP contribution is 2.18. The van der Waals surface area contributed by atoms with Crippen LogP contribution in [-0.4, -0.2) is 36.1 Å². The quantitative estimate of drug-likeness (QED) is 0.896. The Hall–Kier alpha value is -2.30. The van der Waals surface area contributed by atoms with Crippen LogP contribution in [0.15, 0.2) is 41.2 Å². The number of aromatic amines is 1. The van der Waals surface area contributed by atoms with E-state index in [1.54, 1.807) is 6.07 Å². The highest BCUT2D eigenvalue weighted by atomic mass is 16.1. The van der Waals surface area contributed by atoms with Crippen LogP contribution >= 0.6 is 0 Å². The maximum Gasteiger partial charge on any atom is 0.252 e. The van der Waals surface area contributed by atoms with Crippen LogP contribution in [0.2, 0.25) is 0 Å². The normalized spacial score (nSPS) is 15.4. The maximum absolute atomic E-state index is 11.5. The molecule has 1 aromatic heterocycles. The van der Waals surface area contributed by atoms with Crippen LogP contribution in [-0.2, 0) is 0 Å². The summed E-state index contributed by atoms with van der Waals surface area (Å²) in [6, 6.07) is 12.0. The molecule has 0 unspecified atom stereocenters. The molecule has 1 saturated heterocycles. The summed E-state index contributed by atoms with van der Waals surface area (Å²) in [6.45, 7) is 5.45. The maximum atomic E-state index is 11.5. The summed E-state index contributed by atoms with van der Waals surface area (Å²) in [5, 5.41) is 0. The van der Waals surface area contributed by atoms with E-state index in [9.17, 15) is 4.79 Å². The summed E-state index contributed by atoms with van der Waals surface area (Å²) in [4.78, 5) is 23.1. The fourth-order valence-electron chi connectivity index (χ4n) is 2.56. The third-order valence-electron chi connectivity index (χ3n) is 3.57. The van der Waals surface area contributed by atoms with Crippen molar-refractivity contribution in [2.45, 2.75) is 6.92 Å². The number of aryl methyl sites for hydroxylation is 1. The monoisotopic (exact) mass is 270 g/mol. The molecule has 0 aliphatic carbocycles. The van der Waals surface area contributed by atoms with E-state index in [1.807, 2.05) is 13.0 Å². The first kappa shape index (κ1) is 12.7. The molecule has 0 radical (unpaired) electrons. The van der Waals surface area contributed by atoms with Crippen molar-refractivity contribution < 1.29 is 0 Å². The first-order valence-corrected chi connectivity index (χ1v) is 6.85. The number of nitrogens with one attached hydrogen (secondary N) is 1. The molecule has 2 aromatic rings. The Morgan fingerprint density at radius 2 is 1.70 bits per heavy atom. The molecule has 0 bridgehead atoms. The SMILES string of the molecule is Cc1nc(N2CCN(c3ccccc3)CC2)cc(=O)[nH]1. The fraction of sp³-hybridized carbons (Fsp3) is 0.333. The summed E-state index contributed by atoms with van der Waals surface area (Å²) < 4.78 is 0. The third kappa shape index (κ3) is 2.66. The zero-order valence-electron chi connectivity index (χ0n) is 11.5. The summed E-state index contributed by atoms with van der Waals surface area (Å²) in [5.41, 5.74) is 1.17. The number of rotatable bonds is 2. The highest BCUT2D eigenvalue weighted by molar-refractivity contribution is 5.49. The van der Waals surface area contributed by atoms with Crippen molar-refractivity contribution in [1.82, 2.24) is 9.97 Å². The Balaban J connectivity index is 1.71. The molecule has 3 rings (SSSR count). The molecule has 0 amide bonds. The van der Waals surface area contributed by atoms with Crippen LogP contribution in [0.4, 0.5) is 11.5 Å². The number of piperazine rings is 1. The fourth-order valence-corrected chi connectivity index (χ4v) is 2.56. The van der Waals surface area contributed by atoms with Crippen LogP contribution in [0.3, 0.4) is 0 Å². The molecule has 1 aliphatic rings. The Labute approximate surface area is 117 Å². The third-order valence-corrected chi connectivity index (χ3v) is 3.57. The second kappa shape index (κ2) is 5.36. The molecule has 1 aromatic carbocycles. The first-order chi connectivity index (χ1) is 9.72. The standard InChI is InChI=1S/C15H18N4O/c1-12-16-14(11-15(20)17-12)19-9-7-18(8-10-19)13-5-3-2-4-6-13/h2-6,11H,7-10H2,1H3,(H,16,17,20). The van der Waals surface area contributed by atoms with Gasteiger partial charge in [-0.15, -0.1) is 0 Å². The van der Waals surface area contributed by atoms with E-state index < -0.39 is 0 Å². The van der Waals surface area contributed by atoms with E-state index in [0.717, 1.165) is 32.0 Å². The van der Waals surface area contributed by atoms with Crippen molar-refractivity contribution in [1.29, 1.82) is 0 Å². The molecular weight excluding hydrogens is 252 g/mol. The van der Waals surface area contributed by atoms with E-state index in [1.165, 1.54) is 5.69 Å². The molecule has 2 heterocycles. The molecule has 20 heavy (non-hydrogen) atoms. The molecular formula is C15H18N4O. The van der Waals surface area contributed by atoms with Gasteiger partial charge >= 0.3 is 0 Å². The van der Waals surface area contributed by atoms with Crippen molar-refractivity contribution in [2.75, 3.05) is 36.0 Å². The molecule has 1 aliphatic heterocycles. The van der Waals surface area contributed by atoms with Gasteiger partial charge in [-0.3, -0.25) is 4.79 Å². The molecule has 1 N–H and O–H groups in total. The van der Waals surface area contributed by atoms with E-state index >= 15 is 0 Å². The van der Waals surface area contributed by atoms with Gasteiger partial charge in [0.25, 0.3) is 5.56 Å². The molecule has 5 heteroatoms. The van der Waals surface area contributed by atoms with Crippen LogP contribution in [0.25, 0.3) is 0 Å². The first-order valence-electron chi connectivity index (χ1n) is 6.85. The smallest absolute Gasteiger partial charge is 0.252 e. The second-order valence-electron chi connectivity index (χ2n) is 5.00. The van der Waals surface area contributed by atoms with Crippen LogP contribution < -0.4 is 15.4 Å². The average Bonchev–Trinajstić information content (AvgIpc) is 2.47. The zero-order chi connectivity index (χ0) is 13.9. The number of nitrogens with zero attached hydrogens (tertiary/aromatic N) is 3. The van der Waals surface area contributed by atoms with Gasteiger partial charge in [0.1, 0.15) is 11.6 Å². The van der Waals surface area contributed by atoms with Gasteiger partial charge in [-0.05, 0) is 19.1 Å². The Kier molecular flexibility index (Phi) is 3.41. The van der Waals surface area contributed by atoms with Crippen molar-refractivity contribution in [3.63, 3.8) is 0 Å². The molecule has 0 saturated carbocycles. The number of anilines is 2. The average molecular weight is 270 g/mol. The topological polar surface area (TPSA) is 52.2 Å². The van der Waals surface area contributed by atoms with Gasteiger partial charge in [0.2, 0.25) is 0 Å². The van der Waals surface area contributed by atoms with Crippen molar-refractivity contribution in [2.24, 2.45) is 0 Å². The minimum Gasteiger partial charge on any atom is -0.368 e. The molecule has 0 atom stereocenters.